The van der Waals surface area contributed by atoms with Crippen LogP contribution in [0.5, 0.6) is 0 Å². The highest BCUT2D eigenvalue weighted by Crippen LogP contribution is 2.52. The number of hydrogen-bond acceptors (Lipinski definition) is 9. The molecule has 0 aromatic heterocycles. The lowest BCUT2D eigenvalue weighted by atomic mass is 9.76. The third kappa shape index (κ3) is 2.09. The minimum absolute atomic E-state index is 0.242. The molecule has 128 valence electrons. The highest BCUT2D eigenvalue weighted by molar-refractivity contribution is 4.98. The zero-order valence-electron chi connectivity index (χ0n) is 12.4. The van der Waals surface area contributed by atoms with Gasteiger partial charge in [0.15, 0.2) is 5.60 Å². The van der Waals surface area contributed by atoms with Crippen LogP contribution in [0.1, 0.15) is 45.4 Å². The first-order valence-corrected chi connectivity index (χ1v) is 7.26. The molecule has 12 heteroatoms. The summed E-state index contributed by atoms with van der Waals surface area (Å²) in [6, 6.07) is -1.08. The summed E-state index contributed by atoms with van der Waals surface area (Å²) in [5.74, 6) is -2.78. The van der Waals surface area contributed by atoms with E-state index in [-0.39, 0.29) is 12.8 Å². The molecular formula is C11H16N4O8. The minimum Gasteiger partial charge on any atom is -0.264 e. The maximum atomic E-state index is 11.4. The lowest BCUT2D eigenvalue weighted by Crippen LogP contribution is -2.63. The predicted molar refractivity (Wildman–Crippen MR) is 70.3 cm³/mol. The molecule has 1 saturated heterocycles. The van der Waals surface area contributed by atoms with Gasteiger partial charge in [0, 0.05) is 11.3 Å². The first-order valence-electron chi connectivity index (χ1n) is 7.26. The number of hydroxylamine groups is 2. The Balaban J connectivity index is 1.90. The third-order valence-electron chi connectivity index (χ3n) is 5.14. The summed E-state index contributed by atoms with van der Waals surface area (Å²) in [5.41, 5.74) is -2.36. The van der Waals surface area contributed by atoms with Gasteiger partial charge in [-0.3, -0.25) is 35.2 Å². The summed E-state index contributed by atoms with van der Waals surface area (Å²) in [4.78, 5) is 42.0. The summed E-state index contributed by atoms with van der Waals surface area (Å²) in [6.07, 6.45) is 1.70. The van der Waals surface area contributed by atoms with Crippen molar-refractivity contribution in [1.29, 1.82) is 0 Å². The van der Waals surface area contributed by atoms with E-state index < -0.39 is 44.2 Å². The molecule has 1 spiro atoms. The highest BCUT2D eigenvalue weighted by atomic mass is 17.0. The van der Waals surface area contributed by atoms with Crippen molar-refractivity contribution in [3.8, 4) is 0 Å². The first-order chi connectivity index (χ1) is 10.7. The minimum atomic E-state index is -2.78. The molecule has 0 radical (unpaired) electrons. The van der Waals surface area contributed by atoms with Gasteiger partial charge in [0.25, 0.3) is 0 Å². The standard InChI is InChI=1S/C11H16N4O8/c1-9(6-3-8(9)12(16)17)22-15-11(13(18)19,14(20)21)7-10(23-15)4-2-5-10/h8H,2-7H2,1H3/t8-,9+/m0/s1. The first kappa shape index (κ1) is 16.0. The van der Waals surface area contributed by atoms with Crippen LogP contribution in [0, 0.1) is 30.3 Å². The Bertz CT molecular complexity index is 564. The molecule has 3 fully saturated rings. The number of rotatable bonds is 5. The Morgan fingerprint density at radius 3 is 2.09 bits per heavy atom. The second-order valence-electron chi connectivity index (χ2n) is 6.59. The molecule has 0 amide bonds. The molecule has 0 bridgehead atoms. The van der Waals surface area contributed by atoms with Gasteiger partial charge in [-0.25, -0.2) is 4.84 Å². The Morgan fingerprint density at radius 2 is 1.74 bits per heavy atom. The van der Waals surface area contributed by atoms with E-state index in [0.29, 0.717) is 18.1 Å². The van der Waals surface area contributed by atoms with Crippen molar-refractivity contribution < 1.29 is 24.4 Å². The van der Waals surface area contributed by atoms with Gasteiger partial charge >= 0.3 is 5.79 Å². The largest absolute Gasteiger partial charge is 0.569 e. The van der Waals surface area contributed by atoms with Crippen molar-refractivity contribution >= 4 is 0 Å². The average Bonchev–Trinajstić information content (AvgIpc) is 2.73. The van der Waals surface area contributed by atoms with Crippen molar-refractivity contribution in [2.24, 2.45) is 0 Å². The monoisotopic (exact) mass is 332 g/mol. The molecule has 2 saturated carbocycles. The van der Waals surface area contributed by atoms with Crippen LogP contribution in [-0.4, -0.2) is 43.0 Å². The van der Waals surface area contributed by atoms with E-state index in [4.69, 9.17) is 9.68 Å². The quantitative estimate of drug-likeness (QED) is 0.405. The van der Waals surface area contributed by atoms with E-state index in [1.165, 1.54) is 6.92 Å². The van der Waals surface area contributed by atoms with Gasteiger partial charge in [0.2, 0.25) is 6.04 Å². The molecular weight excluding hydrogens is 316 g/mol. The van der Waals surface area contributed by atoms with Gasteiger partial charge in [0.1, 0.15) is 21.9 Å². The molecule has 1 heterocycles. The van der Waals surface area contributed by atoms with E-state index in [1.807, 2.05) is 0 Å². The Labute approximate surface area is 129 Å². The molecule has 3 aliphatic rings. The molecule has 1 aliphatic heterocycles. The Hall–Kier alpha value is -1.92. The third-order valence-corrected chi connectivity index (χ3v) is 5.14. The fraction of sp³-hybridized carbons (Fsp3) is 1.00. The Morgan fingerprint density at radius 1 is 1.13 bits per heavy atom. The van der Waals surface area contributed by atoms with Gasteiger partial charge in [0.05, 0.1) is 5.23 Å². The van der Waals surface area contributed by atoms with Crippen molar-refractivity contribution in [3.05, 3.63) is 30.3 Å². The van der Waals surface area contributed by atoms with Crippen molar-refractivity contribution in [1.82, 2.24) is 5.23 Å². The van der Waals surface area contributed by atoms with Crippen LogP contribution < -0.4 is 0 Å². The molecule has 0 N–H and O–H groups in total. The smallest absolute Gasteiger partial charge is 0.264 e. The fourth-order valence-corrected chi connectivity index (χ4v) is 3.34. The molecule has 0 aromatic carbocycles. The van der Waals surface area contributed by atoms with Crippen molar-refractivity contribution in [3.63, 3.8) is 0 Å². The van der Waals surface area contributed by atoms with Gasteiger partial charge in [-0.05, 0) is 32.6 Å². The Kier molecular flexibility index (Phi) is 3.32. The molecule has 2 aliphatic carbocycles. The van der Waals surface area contributed by atoms with Crippen LogP contribution in [0.4, 0.5) is 0 Å². The number of nitrogens with zero attached hydrogens (tertiary/aromatic N) is 4. The predicted octanol–water partition coefficient (Wildman–Crippen LogP) is 0.883. The molecule has 3 rings (SSSR count). The number of nitro groups is 3. The van der Waals surface area contributed by atoms with E-state index >= 15 is 0 Å². The molecule has 23 heavy (non-hydrogen) atoms. The zero-order chi connectivity index (χ0) is 17.0. The lowest BCUT2D eigenvalue weighted by molar-refractivity contribution is -0.854. The normalized spacial score (nSPS) is 34.6. The summed E-state index contributed by atoms with van der Waals surface area (Å²) >= 11 is 0. The molecule has 0 unspecified atom stereocenters. The topological polar surface area (TPSA) is 151 Å². The zero-order valence-corrected chi connectivity index (χ0v) is 12.4. The maximum absolute atomic E-state index is 11.4. The summed E-state index contributed by atoms with van der Waals surface area (Å²) < 4.78 is 0. The van der Waals surface area contributed by atoms with E-state index in [9.17, 15) is 30.3 Å². The summed E-state index contributed by atoms with van der Waals surface area (Å²) in [5, 5.41) is 34.2. The molecule has 12 nitrogen and oxygen atoms in total. The van der Waals surface area contributed by atoms with E-state index in [0.717, 1.165) is 6.42 Å². The summed E-state index contributed by atoms with van der Waals surface area (Å²) in [6.45, 7) is 1.41. The molecule has 2 atom stereocenters. The second-order valence-corrected chi connectivity index (χ2v) is 6.59. The lowest BCUT2D eigenvalue weighted by Gasteiger charge is -2.41. The van der Waals surface area contributed by atoms with Crippen LogP contribution >= 0.6 is 0 Å². The summed E-state index contributed by atoms with van der Waals surface area (Å²) in [7, 11) is 0. The van der Waals surface area contributed by atoms with E-state index in [1.54, 1.807) is 0 Å². The van der Waals surface area contributed by atoms with Gasteiger partial charge in [-0.1, -0.05) is 0 Å². The van der Waals surface area contributed by atoms with Gasteiger partial charge in [-0.15, -0.1) is 0 Å². The van der Waals surface area contributed by atoms with Crippen LogP contribution in [0.25, 0.3) is 0 Å². The average molecular weight is 332 g/mol. The van der Waals surface area contributed by atoms with Gasteiger partial charge in [-0.2, -0.15) is 0 Å². The highest BCUT2D eigenvalue weighted by Gasteiger charge is 2.77. The second kappa shape index (κ2) is 4.79. The van der Waals surface area contributed by atoms with Crippen molar-refractivity contribution in [2.45, 2.75) is 68.5 Å². The van der Waals surface area contributed by atoms with E-state index in [2.05, 4.69) is 0 Å². The maximum Gasteiger partial charge on any atom is 0.569 e. The van der Waals surface area contributed by atoms with Crippen LogP contribution in [0.2, 0.25) is 0 Å². The SMILES string of the molecule is C[C@@]1(ON2OC3(CCC3)CC2([N+](=O)[O-])[N+](=O)[O-])CC[C@@H]1[N+](=O)[O-]. The van der Waals surface area contributed by atoms with Gasteiger partial charge < -0.3 is 0 Å². The van der Waals surface area contributed by atoms with Crippen LogP contribution in [0.3, 0.4) is 0 Å². The fourth-order valence-electron chi connectivity index (χ4n) is 3.34. The molecule has 0 aromatic rings. The van der Waals surface area contributed by atoms with Crippen LogP contribution in [0.15, 0.2) is 0 Å². The van der Waals surface area contributed by atoms with Crippen molar-refractivity contribution in [2.75, 3.05) is 0 Å². The van der Waals surface area contributed by atoms with Crippen LogP contribution in [-0.2, 0) is 9.68 Å². The number of hydrogen-bond donors (Lipinski definition) is 0.